The van der Waals surface area contributed by atoms with Crippen LogP contribution in [0.5, 0.6) is 5.75 Å². The van der Waals surface area contributed by atoms with E-state index < -0.39 is 10.0 Å². The monoisotopic (exact) mass is 497 g/mol. The molecule has 7 nitrogen and oxygen atoms in total. The Morgan fingerprint density at radius 1 is 1.11 bits per heavy atom. The molecule has 35 heavy (non-hydrogen) atoms. The van der Waals surface area contributed by atoms with Crippen LogP contribution >= 0.6 is 0 Å². The molecule has 1 amide bonds. The number of carbonyl (C=O) groups is 1. The quantitative estimate of drug-likeness (QED) is 0.501. The second-order valence-corrected chi connectivity index (χ2v) is 12.0. The van der Waals surface area contributed by atoms with Crippen molar-refractivity contribution in [1.29, 1.82) is 0 Å². The van der Waals surface area contributed by atoms with E-state index in [1.54, 1.807) is 19.2 Å². The number of hydrogen-bond donors (Lipinski definition) is 2. The van der Waals surface area contributed by atoms with Gasteiger partial charge in [-0.1, -0.05) is 32.9 Å². The Balaban J connectivity index is 1.29. The van der Waals surface area contributed by atoms with Crippen molar-refractivity contribution in [1.82, 2.24) is 14.6 Å². The highest BCUT2D eigenvalue weighted by Gasteiger charge is 2.26. The predicted octanol–water partition coefficient (Wildman–Crippen LogP) is 4.55. The molecule has 1 aromatic heterocycles. The van der Waals surface area contributed by atoms with E-state index in [1.165, 1.54) is 10.9 Å². The lowest BCUT2D eigenvalue weighted by Gasteiger charge is -2.32. The summed E-state index contributed by atoms with van der Waals surface area (Å²) in [6.07, 6.45) is 3.97. The second kappa shape index (κ2) is 10.0. The lowest BCUT2D eigenvalue weighted by atomic mass is 9.87. The van der Waals surface area contributed by atoms with E-state index in [2.05, 4.69) is 42.7 Å². The largest absolute Gasteiger partial charge is 0.497 e. The van der Waals surface area contributed by atoms with E-state index in [0.717, 1.165) is 29.7 Å². The van der Waals surface area contributed by atoms with E-state index in [0.29, 0.717) is 19.0 Å². The van der Waals surface area contributed by atoms with Crippen molar-refractivity contribution < 1.29 is 17.9 Å². The number of nitrogens with one attached hydrogen (secondary N) is 2. The summed E-state index contributed by atoms with van der Waals surface area (Å²) in [4.78, 5) is 18.1. The van der Waals surface area contributed by atoms with E-state index >= 15 is 0 Å². The number of nitrogens with zero attached hydrogens (tertiary/aromatic N) is 1. The first-order chi connectivity index (χ1) is 16.6. The molecule has 3 aromatic rings. The number of rotatable bonds is 7. The van der Waals surface area contributed by atoms with Crippen molar-refractivity contribution in [2.45, 2.75) is 56.3 Å². The standard InChI is InChI=1S/C27H35N3O4S/c1-27(2,3)20-5-8-22(9-6-20)35(32,33)29-14-11-26(31)30-15-12-19(13-16-30)24-18-28-25-10-7-21(34-4)17-23(24)25/h5-10,17-19,28-29H,11-16H2,1-4H3. The van der Waals surface area contributed by atoms with Crippen molar-refractivity contribution in [3.63, 3.8) is 0 Å². The highest BCUT2D eigenvalue weighted by Crippen LogP contribution is 2.34. The minimum atomic E-state index is -3.65. The number of likely N-dealkylation sites (tertiary alicyclic amines) is 1. The van der Waals surface area contributed by atoms with Crippen LogP contribution in [0.1, 0.15) is 57.1 Å². The minimum Gasteiger partial charge on any atom is -0.497 e. The average Bonchev–Trinajstić information content (AvgIpc) is 3.26. The fraction of sp³-hybridized carbons (Fsp3) is 0.444. The molecule has 188 valence electrons. The highest BCUT2D eigenvalue weighted by molar-refractivity contribution is 7.89. The fourth-order valence-electron chi connectivity index (χ4n) is 4.69. The summed E-state index contributed by atoms with van der Waals surface area (Å²) in [5.74, 6) is 1.18. The maximum absolute atomic E-state index is 12.7. The van der Waals surface area contributed by atoms with Crippen LogP contribution in [0, 0.1) is 0 Å². The topological polar surface area (TPSA) is 91.5 Å². The molecule has 1 saturated heterocycles. The lowest BCUT2D eigenvalue weighted by molar-refractivity contribution is -0.132. The Hall–Kier alpha value is -2.84. The van der Waals surface area contributed by atoms with Gasteiger partial charge in [-0.2, -0.15) is 0 Å². The van der Waals surface area contributed by atoms with Crippen molar-refractivity contribution in [2.75, 3.05) is 26.7 Å². The van der Waals surface area contributed by atoms with E-state index in [9.17, 15) is 13.2 Å². The van der Waals surface area contributed by atoms with Gasteiger partial charge in [-0.15, -0.1) is 0 Å². The van der Waals surface area contributed by atoms with E-state index in [1.807, 2.05) is 29.2 Å². The van der Waals surface area contributed by atoms with Crippen molar-refractivity contribution in [2.24, 2.45) is 0 Å². The van der Waals surface area contributed by atoms with Gasteiger partial charge in [-0.3, -0.25) is 4.79 Å². The number of hydrogen-bond acceptors (Lipinski definition) is 4. The first kappa shape index (κ1) is 25.3. The number of aromatic nitrogens is 1. The molecule has 0 aliphatic carbocycles. The van der Waals surface area contributed by atoms with Gasteiger partial charge in [0.2, 0.25) is 15.9 Å². The zero-order valence-electron chi connectivity index (χ0n) is 20.9. The third kappa shape index (κ3) is 5.70. The molecule has 0 bridgehead atoms. The van der Waals surface area contributed by atoms with Crippen LogP contribution in [0.2, 0.25) is 0 Å². The number of amides is 1. The average molecular weight is 498 g/mol. The van der Waals surface area contributed by atoms with E-state index in [4.69, 9.17) is 4.74 Å². The minimum absolute atomic E-state index is 0.0187. The van der Waals surface area contributed by atoms with Crippen LogP contribution in [-0.2, 0) is 20.2 Å². The van der Waals surface area contributed by atoms with Gasteiger partial charge < -0.3 is 14.6 Å². The number of methoxy groups -OCH3 is 1. The van der Waals surface area contributed by atoms with Crippen LogP contribution < -0.4 is 9.46 Å². The number of piperidine rings is 1. The smallest absolute Gasteiger partial charge is 0.240 e. The highest BCUT2D eigenvalue weighted by atomic mass is 32.2. The third-order valence-electron chi connectivity index (χ3n) is 6.87. The molecule has 0 spiro atoms. The van der Waals surface area contributed by atoms with Crippen LogP contribution in [0.25, 0.3) is 10.9 Å². The van der Waals surface area contributed by atoms with Gasteiger partial charge in [-0.25, -0.2) is 13.1 Å². The van der Waals surface area contributed by atoms with Crippen LogP contribution in [0.15, 0.2) is 53.6 Å². The van der Waals surface area contributed by atoms with Gasteiger partial charge in [0, 0.05) is 43.2 Å². The maximum Gasteiger partial charge on any atom is 0.240 e. The molecule has 1 aliphatic heterocycles. The van der Waals surface area contributed by atoms with Crippen LogP contribution in [-0.4, -0.2) is 51.0 Å². The van der Waals surface area contributed by atoms with Gasteiger partial charge in [0.15, 0.2) is 0 Å². The Bertz CT molecular complexity index is 1280. The molecule has 1 aliphatic rings. The number of ether oxygens (including phenoxy) is 1. The number of aromatic amines is 1. The summed E-state index contributed by atoms with van der Waals surface area (Å²) in [6.45, 7) is 7.68. The number of sulfonamides is 1. The molecule has 2 heterocycles. The maximum atomic E-state index is 12.7. The summed E-state index contributed by atoms with van der Waals surface area (Å²) in [7, 11) is -1.98. The molecular weight excluding hydrogens is 462 g/mol. The molecule has 1 fully saturated rings. The Morgan fingerprint density at radius 3 is 2.43 bits per heavy atom. The van der Waals surface area contributed by atoms with Crippen LogP contribution in [0.4, 0.5) is 0 Å². The number of carbonyl (C=O) groups excluding carboxylic acids is 1. The molecular formula is C27H35N3O4S. The van der Waals surface area contributed by atoms with Crippen molar-refractivity contribution >= 4 is 26.8 Å². The van der Waals surface area contributed by atoms with Gasteiger partial charge in [0.1, 0.15) is 5.75 Å². The summed E-state index contributed by atoms with van der Waals surface area (Å²) in [5, 5.41) is 1.17. The molecule has 4 rings (SSSR count). The molecule has 8 heteroatoms. The number of H-pyrrole nitrogens is 1. The Labute approximate surface area is 207 Å². The lowest BCUT2D eigenvalue weighted by Crippen LogP contribution is -2.39. The predicted molar refractivity (Wildman–Crippen MR) is 138 cm³/mol. The molecule has 0 saturated carbocycles. The molecule has 2 aromatic carbocycles. The van der Waals surface area contributed by atoms with Crippen LogP contribution in [0.3, 0.4) is 0 Å². The van der Waals surface area contributed by atoms with Gasteiger partial charge >= 0.3 is 0 Å². The second-order valence-electron chi connectivity index (χ2n) is 10.2. The molecule has 0 atom stereocenters. The molecule has 2 N–H and O–H groups in total. The third-order valence-corrected chi connectivity index (χ3v) is 8.35. The SMILES string of the molecule is COc1ccc2[nH]cc(C3CCN(C(=O)CCNS(=O)(=O)c4ccc(C(C)(C)C)cc4)CC3)c2c1. The summed E-state index contributed by atoms with van der Waals surface area (Å²) < 4.78 is 33.2. The molecule has 0 radical (unpaired) electrons. The Morgan fingerprint density at radius 2 is 1.80 bits per heavy atom. The molecule has 0 unspecified atom stereocenters. The summed E-state index contributed by atoms with van der Waals surface area (Å²) in [5.41, 5.74) is 3.37. The van der Waals surface area contributed by atoms with Gasteiger partial charge in [-0.05, 0) is 65.6 Å². The van der Waals surface area contributed by atoms with Gasteiger partial charge in [0.25, 0.3) is 0 Å². The van der Waals surface area contributed by atoms with E-state index in [-0.39, 0.29) is 29.2 Å². The summed E-state index contributed by atoms with van der Waals surface area (Å²) in [6, 6.07) is 12.9. The number of benzene rings is 2. The zero-order valence-corrected chi connectivity index (χ0v) is 21.7. The first-order valence-electron chi connectivity index (χ1n) is 12.1. The summed E-state index contributed by atoms with van der Waals surface area (Å²) >= 11 is 0. The van der Waals surface area contributed by atoms with Crippen molar-refractivity contribution in [3.8, 4) is 5.75 Å². The Kier molecular flexibility index (Phi) is 7.24. The first-order valence-corrected chi connectivity index (χ1v) is 13.6. The van der Waals surface area contributed by atoms with Crippen molar-refractivity contribution in [3.05, 3.63) is 59.8 Å². The van der Waals surface area contributed by atoms with Gasteiger partial charge in [0.05, 0.1) is 12.0 Å². The normalized spacial score (nSPS) is 15.5. The number of fused-ring (bicyclic) bond motifs is 1. The fourth-order valence-corrected chi connectivity index (χ4v) is 5.73. The zero-order chi connectivity index (χ0) is 25.2.